The third kappa shape index (κ3) is 3.42. The Morgan fingerprint density at radius 3 is 2.40 bits per heavy atom. The summed E-state index contributed by atoms with van der Waals surface area (Å²) in [6, 6.07) is 0. The van der Waals surface area contributed by atoms with E-state index in [9.17, 15) is 4.39 Å². The lowest BCUT2D eigenvalue weighted by Gasteiger charge is -2.32. The molecule has 3 heteroatoms. The largest absolute Gasteiger partial charge is 0.302 e. The van der Waals surface area contributed by atoms with E-state index >= 15 is 0 Å². The Kier molecular flexibility index (Phi) is 3.98. The predicted molar refractivity (Wildman–Crippen MR) is 60.8 cm³/mol. The fourth-order valence-corrected chi connectivity index (χ4v) is 2.76. The molecule has 0 unspecified atom stereocenters. The zero-order valence-corrected chi connectivity index (χ0v) is 9.79. The fraction of sp³-hybridized carbons (Fsp3) is 1.00. The summed E-state index contributed by atoms with van der Waals surface area (Å²) < 4.78 is 12.9. The van der Waals surface area contributed by atoms with Gasteiger partial charge in [-0.15, -0.1) is 0 Å². The molecular weight excluding hydrogens is 191 g/mol. The summed E-state index contributed by atoms with van der Waals surface area (Å²) in [5.74, 6) is 0.853. The zero-order chi connectivity index (χ0) is 10.7. The third-order valence-corrected chi connectivity index (χ3v) is 3.69. The van der Waals surface area contributed by atoms with Crippen molar-refractivity contribution in [1.29, 1.82) is 0 Å². The molecule has 2 nitrogen and oxygen atoms in total. The Morgan fingerprint density at radius 2 is 1.80 bits per heavy atom. The molecule has 2 aliphatic rings. The van der Waals surface area contributed by atoms with E-state index < -0.39 is 6.17 Å². The topological polar surface area (TPSA) is 6.48 Å². The van der Waals surface area contributed by atoms with Gasteiger partial charge in [0, 0.05) is 32.7 Å². The summed E-state index contributed by atoms with van der Waals surface area (Å²) in [6.45, 7) is 8.65. The summed E-state index contributed by atoms with van der Waals surface area (Å²) in [5.41, 5.74) is 0. The van der Waals surface area contributed by atoms with Crippen molar-refractivity contribution in [3.63, 3.8) is 0 Å². The highest BCUT2D eigenvalue weighted by Crippen LogP contribution is 2.16. The lowest BCUT2D eigenvalue weighted by atomic mass is 10.0. The molecule has 2 atom stereocenters. The molecule has 0 aromatic carbocycles. The van der Waals surface area contributed by atoms with Crippen LogP contribution in [0.4, 0.5) is 4.39 Å². The second-order valence-electron chi connectivity index (χ2n) is 5.23. The molecular formula is C12H23FN2. The Bertz CT molecular complexity index is 198. The minimum Gasteiger partial charge on any atom is -0.302 e. The van der Waals surface area contributed by atoms with Crippen LogP contribution in [0.3, 0.4) is 0 Å². The second kappa shape index (κ2) is 5.26. The van der Waals surface area contributed by atoms with Crippen LogP contribution in [0, 0.1) is 5.92 Å². The Labute approximate surface area is 92.4 Å². The van der Waals surface area contributed by atoms with E-state index in [0.29, 0.717) is 6.54 Å². The first-order valence-electron chi connectivity index (χ1n) is 6.33. The molecule has 2 aliphatic heterocycles. The maximum absolute atomic E-state index is 12.9. The van der Waals surface area contributed by atoms with Crippen molar-refractivity contribution in [3.8, 4) is 0 Å². The summed E-state index contributed by atoms with van der Waals surface area (Å²) in [5, 5.41) is 0. The number of hydrogen-bond acceptors (Lipinski definition) is 2. The molecule has 2 saturated heterocycles. The van der Waals surface area contributed by atoms with Gasteiger partial charge in [0.05, 0.1) is 0 Å². The maximum atomic E-state index is 12.9. The fourth-order valence-electron chi connectivity index (χ4n) is 2.76. The molecule has 0 aliphatic carbocycles. The molecule has 2 rings (SSSR count). The molecule has 0 N–H and O–H groups in total. The molecule has 0 aromatic heterocycles. The monoisotopic (exact) mass is 214 g/mol. The van der Waals surface area contributed by atoms with Crippen LogP contribution in [-0.2, 0) is 0 Å². The first kappa shape index (κ1) is 11.3. The van der Waals surface area contributed by atoms with Gasteiger partial charge < -0.3 is 4.90 Å². The molecule has 0 bridgehead atoms. The van der Waals surface area contributed by atoms with Crippen molar-refractivity contribution < 1.29 is 4.39 Å². The lowest BCUT2D eigenvalue weighted by molar-refractivity contribution is 0.160. The minimum atomic E-state index is -0.565. The van der Waals surface area contributed by atoms with Crippen molar-refractivity contribution in [2.45, 2.75) is 32.4 Å². The molecule has 2 heterocycles. The number of piperidine rings is 1. The van der Waals surface area contributed by atoms with Crippen molar-refractivity contribution in [2.75, 3.05) is 39.3 Å². The number of likely N-dealkylation sites (tertiary alicyclic amines) is 2. The number of rotatable bonds is 3. The second-order valence-corrected chi connectivity index (χ2v) is 5.23. The Balaban J connectivity index is 1.64. The molecule has 15 heavy (non-hydrogen) atoms. The van der Waals surface area contributed by atoms with Gasteiger partial charge in [-0.1, -0.05) is 6.92 Å². The average Bonchev–Trinajstić information content (AvgIpc) is 2.62. The molecule has 0 saturated carbocycles. The normalized spacial score (nSPS) is 34.8. The quantitative estimate of drug-likeness (QED) is 0.706. The summed E-state index contributed by atoms with van der Waals surface area (Å²) in [6.07, 6.45) is 2.90. The van der Waals surface area contributed by atoms with Crippen molar-refractivity contribution >= 4 is 0 Å². The summed E-state index contributed by atoms with van der Waals surface area (Å²) in [7, 11) is 0. The van der Waals surface area contributed by atoms with Crippen LogP contribution in [0.25, 0.3) is 0 Å². The average molecular weight is 214 g/mol. The van der Waals surface area contributed by atoms with Crippen LogP contribution in [0.1, 0.15) is 26.2 Å². The van der Waals surface area contributed by atoms with Gasteiger partial charge >= 0.3 is 0 Å². The van der Waals surface area contributed by atoms with E-state index in [1.54, 1.807) is 0 Å². The van der Waals surface area contributed by atoms with Gasteiger partial charge in [0.1, 0.15) is 6.17 Å². The Morgan fingerprint density at radius 1 is 1.07 bits per heavy atom. The van der Waals surface area contributed by atoms with Crippen molar-refractivity contribution in [1.82, 2.24) is 9.80 Å². The molecule has 0 spiro atoms. The van der Waals surface area contributed by atoms with Crippen LogP contribution >= 0.6 is 0 Å². The molecule has 0 aromatic rings. The Hall–Kier alpha value is -0.150. The number of alkyl halides is 1. The zero-order valence-electron chi connectivity index (χ0n) is 9.79. The smallest absolute Gasteiger partial charge is 0.114 e. The molecule has 0 radical (unpaired) electrons. The standard InChI is InChI=1S/C12H23FN2/c1-11-3-2-5-14(9-11)7-8-15-6-4-12(13)10-15/h11-12H,2-10H2,1H3/t11-,12+/m0/s1. The van der Waals surface area contributed by atoms with E-state index in [-0.39, 0.29) is 0 Å². The van der Waals surface area contributed by atoms with Crippen LogP contribution in [0.5, 0.6) is 0 Å². The van der Waals surface area contributed by atoms with Crippen LogP contribution in [0.15, 0.2) is 0 Å². The van der Waals surface area contributed by atoms with Crippen molar-refractivity contribution in [3.05, 3.63) is 0 Å². The van der Waals surface area contributed by atoms with Crippen LogP contribution < -0.4 is 0 Å². The van der Waals surface area contributed by atoms with Crippen LogP contribution in [0.2, 0.25) is 0 Å². The highest BCUT2D eigenvalue weighted by atomic mass is 19.1. The summed E-state index contributed by atoms with van der Waals surface area (Å²) in [4.78, 5) is 4.81. The predicted octanol–water partition coefficient (Wildman–Crippen LogP) is 1.76. The molecule has 88 valence electrons. The van der Waals surface area contributed by atoms with Gasteiger partial charge in [0.2, 0.25) is 0 Å². The summed E-state index contributed by atoms with van der Waals surface area (Å²) >= 11 is 0. The highest BCUT2D eigenvalue weighted by Gasteiger charge is 2.22. The van der Waals surface area contributed by atoms with E-state index in [0.717, 1.165) is 32.0 Å². The van der Waals surface area contributed by atoms with E-state index in [4.69, 9.17) is 0 Å². The number of nitrogens with zero attached hydrogens (tertiary/aromatic N) is 2. The van der Waals surface area contributed by atoms with E-state index in [1.165, 1.54) is 25.9 Å². The molecule has 0 amide bonds. The van der Waals surface area contributed by atoms with Crippen molar-refractivity contribution in [2.24, 2.45) is 5.92 Å². The van der Waals surface area contributed by atoms with Gasteiger partial charge in [0.15, 0.2) is 0 Å². The lowest BCUT2D eigenvalue weighted by Crippen LogP contribution is -2.39. The number of hydrogen-bond donors (Lipinski definition) is 0. The number of halogens is 1. The SMILES string of the molecule is C[C@H]1CCCN(CCN2CC[C@@H](F)C2)C1. The first-order valence-corrected chi connectivity index (χ1v) is 6.33. The van der Waals surface area contributed by atoms with Gasteiger partial charge in [-0.2, -0.15) is 0 Å². The van der Waals surface area contributed by atoms with Gasteiger partial charge in [-0.05, 0) is 31.7 Å². The van der Waals surface area contributed by atoms with E-state index in [1.807, 2.05) is 0 Å². The van der Waals surface area contributed by atoms with Gasteiger partial charge in [-0.3, -0.25) is 4.90 Å². The highest BCUT2D eigenvalue weighted by molar-refractivity contribution is 4.77. The van der Waals surface area contributed by atoms with E-state index in [2.05, 4.69) is 16.7 Å². The first-order chi connectivity index (χ1) is 7.24. The van der Waals surface area contributed by atoms with Gasteiger partial charge in [0.25, 0.3) is 0 Å². The van der Waals surface area contributed by atoms with Gasteiger partial charge in [-0.25, -0.2) is 4.39 Å². The van der Waals surface area contributed by atoms with Crippen LogP contribution in [-0.4, -0.2) is 55.2 Å². The third-order valence-electron chi connectivity index (χ3n) is 3.69. The molecule has 2 fully saturated rings. The minimum absolute atomic E-state index is 0.565. The maximum Gasteiger partial charge on any atom is 0.114 e.